The van der Waals surface area contributed by atoms with Gasteiger partial charge in [0.15, 0.2) is 5.78 Å². The Bertz CT molecular complexity index is 391. The Hall–Kier alpha value is -1.18. The number of hydrogen-bond acceptors (Lipinski definition) is 2. The Morgan fingerprint density at radius 2 is 2.00 bits per heavy atom. The molecule has 0 atom stereocenters. The van der Waals surface area contributed by atoms with Crippen molar-refractivity contribution in [3.05, 3.63) is 29.6 Å². The number of carbonyl (C=O) groups is 1. The molecule has 0 spiro atoms. The first-order chi connectivity index (χ1) is 7.63. The van der Waals surface area contributed by atoms with E-state index in [2.05, 4.69) is 11.9 Å². The molecule has 0 bridgehead atoms. The molecule has 0 unspecified atom stereocenters. The number of nitrogens with zero attached hydrogens (tertiary/aromatic N) is 1. The van der Waals surface area contributed by atoms with Crippen LogP contribution in [0.25, 0.3) is 0 Å². The van der Waals surface area contributed by atoms with Crippen LogP contribution in [0.2, 0.25) is 0 Å². The van der Waals surface area contributed by atoms with Gasteiger partial charge in [-0.25, -0.2) is 0 Å². The van der Waals surface area contributed by atoms with Crippen molar-refractivity contribution in [2.75, 3.05) is 0 Å². The summed E-state index contributed by atoms with van der Waals surface area (Å²) < 4.78 is 0. The molecule has 0 radical (unpaired) electrons. The summed E-state index contributed by atoms with van der Waals surface area (Å²) in [5.41, 5.74) is 1.71. The van der Waals surface area contributed by atoms with Gasteiger partial charge in [0.1, 0.15) is 0 Å². The first kappa shape index (κ1) is 11.3. The van der Waals surface area contributed by atoms with Gasteiger partial charge in [-0.3, -0.25) is 9.78 Å². The Kier molecular flexibility index (Phi) is 3.08. The number of carbonyl (C=O) groups excluding carboxylic acids is 1. The fourth-order valence-electron chi connectivity index (χ4n) is 2.59. The van der Waals surface area contributed by atoms with Crippen molar-refractivity contribution in [2.45, 2.75) is 46.0 Å². The van der Waals surface area contributed by atoms with Crippen LogP contribution in [0.3, 0.4) is 0 Å². The topological polar surface area (TPSA) is 30.0 Å². The van der Waals surface area contributed by atoms with E-state index in [1.165, 1.54) is 19.3 Å². The highest BCUT2D eigenvalue weighted by Crippen LogP contribution is 2.38. The summed E-state index contributed by atoms with van der Waals surface area (Å²) in [5.74, 6) is 0.290. The summed E-state index contributed by atoms with van der Waals surface area (Å²) in [7, 11) is 0. The van der Waals surface area contributed by atoms with E-state index in [9.17, 15) is 4.79 Å². The van der Waals surface area contributed by atoms with Gasteiger partial charge in [-0.2, -0.15) is 0 Å². The minimum absolute atomic E-state index is 0.147. The molecule has 1 saturated carbocycles. The van der Waals surface area contributed by atoms with Crippen LogP contribution in [-0.4, -0.2) is 10.8 Å². The highest BCUT2D eigenvalue weighted by atomic mass is 16.1. The molecule has 86 valence electrons. The second-order valence-electron chi connectivity index (χ2n) is 5.14. The van der Waals surface area contributed by atoms with Gasteiger partial charge in [0, 0.05) is 23.4 Å². The summed E-state index contributed by atoms with van der Waals surface area (Å²) in [4.78, 5) is 16.6. The van der Waals surface area contributed by atoms with Gasteiger partial charge in [-0.05, 0) is 31.4 Å². The van der Waals surface area contributed by atoms with Gasteiger partial charge in [0.25, 0.3) is 0 Å². The fraction of sp³-hybridized carbons (Fsp3) is 0.571. The Balaban J connectivity index is 2.28. The van der Waals surface area contributed by atoms with Crippen molar-refractivity contribution in [3.8, 4) is 0 Å². The van der Waals surface area contributed by atoms with Crippen molar-refractivity contribution >= 4 is 5.78 Å². The maximum absolute atomic E-state index is 12.5. The first-order valence-electron chi connectivity index (χ1n) is 6.09. The Labute approximate surface area is 97.1 Å². The molecule has 1 aromatic rings. The number of pyridine rings is 1. The molecule has 2 nitrogen and oxygen atoms in total. The van der Waals surface area contributed by atoms with E-state index in [-0.39, 0.29) is 11.2 Å². The molecule has 1 aliphatic carbocycles. The minimum atomic E-state index is -0.147. The molecule has 0 aromatic carbocycles. The lowest BCUT2D eigenvalue weighted by atomic mass is 9.71. The van der Waals surface area contributed by atoms with Crippen LogP contribution in [0.5, 0.6) is 0 Å². The molecule has 0 amide bonds. The third-order valence-electron chi connectivity index (χ3n) is 3.79. The molecular weight excluding hydrogens is 198 g/mol. The van der Waals surface area contributed by atoms with Crippen molar-refractivity contribution in [1.29, 1.82) is 0 Å². The molecule has 1 fully saturated rings. The normalized spacial score (nSPS) is 19.4. The van der Waals surface area contributed by atoms with E-state index in [0.29, 0.717) is 0 Å². The van der Waals surface area contributed by atoms with Crippen LogP contribution < -0.4 is 0 Å². The average molecular weight is 217 g/mol. The van der Waals surface area contributed by atoms with Crippen molar-refractivity contribution in [1.82, 2.24) is 4.98 Å². The first-order valence-corrected chi connectivity index (χ1v) is 6.09. The number of hydrogen-bond donors (Lipinski definition) is 0. The van der Waals surface area contributed by atoms with Crippen LogP contribution in [0, 0.1) is 12.3 Å². The monoisotopic (exact) mass is 217 g/mol. The molecule has 16 heavy (non-hydrogen) atoms. The van der Waals surface area contributed by atoms with E-state index in [4.69, 9.17) is 0 Å². The number of Topliss-reactive ketones (excluding diaryl/α,β-unsaturated/α-hetero) is 1. The zero-order valence-electron chi connectivity index (χ0n) is 10.1. The molecule has 1 aliphatic rings. The number of rotatable bonds is 2. The fourth-order valence-corrected chi connectivity index (χ4v) is 2.59. The second kappa shape index (κ2) is 4.36. The zero-order valence-corrected chi connectivity index (χ0v) is 10.1. The molecule has 2 rings (SSSR count). The molecule has 1 heterocycles. The van der Waals surface area contributed by atoms with Gasteiger partial charge in [-0.15, -0.1) is 0 Å². The third kappa shape index (κ3) is 2.01. The number of aromatic nitrogens is 1. The van der Waals surface area contributed by atoms with Gasteiger partial charge < -0.3 is 0 Å². The van der Waals surface area contributed by atoms with Crippen LogP contribution in [0.4, 0.5) is 0 Å². The highest BCUT2D eigenvalue weighted by Gasteiger charge is 2.35. The van der Waals surface area contributed by atoms with Gasteiger partial charge in [0.05, 0.1) is 0 Å². The largest absolute Gasteiger partial charge is 0.293 e. The molecular formula is C14H19NO. The van der Waals surface area contributed by atoms with E-state index >= 15 is 0 Å². The maximum Gasteiger partial charge on any atom is 0.170 e. The van der Waals surface area contributed by atoms with Crippen molar-refractivity contribution < 1.29 is 4.79 Å². The van der Waals surface area contributed by atoms with E-state index in [1.54, 1.807) is 12.4 Å². The van der Waals surface area contributed by atoms with E-state index < -0.39 is 0 Å². The van der Waals surface area contributed by atoms with Crippen LogP contribution in [-0.2, 0) is 0 Å². The quantitative estimate of drug-likeness (QED) is 0.709. The summed E-state index contributed by atoms with van der Waals surface area (Å²) in [6.07, 6.45) is 9.16. The Morgan fingerprint density at radius 3 is 2.62 bits per heavy atom. The number of ketones is 1. The maximum atomic E-state index is 12.5. The Morgan fingerprint density at radius 1 is 1.31 bits per heavy atom. The van der Waals surface area contributed by atoms with Crippen molar-refractivity contribution in [2.24, 2.45) is 5.41 Å². The molecule has 0 N–H and O–H groups in total. The summed E-state index contributed by atoms with van der Waals surface area (Å²) in [6.45, 7) is 4.10. The lowest BCUT2D eigenvalue weighted by Gasteiger charge is -2.32. The van der Waals surface area contributed by atoms with Gasteiger partial charge in [-0.1, -0.05) is 26.2 Å². The van der Waals surface area contributed by atoms with Gasteiger partial charge in [0.2, 0.25) is 0 Å². The second-order valence-corrected chi connectivity index (χ2v) is 5.14. The summed E-state index contributed by atoms with van der Waals surface area (Å²) in [5, 5.41) is 0. The molecule has 2 heteroatoms. The molecule has 0 aliphatic heterocycles. The summed E-state index contributed by atoms with van der Waals surface area (Å²) in [6, 6.07) is 1.92. The highest BCUT2D eigenvalue weighted by molar-refractivity contribution is 6.01. The average Bonchev–Trinajstić information content (AvgIpc) is 2.30. The third-order valence-corrected chi connectivity index (χ3v) is 3.79. The molecule has 1 aromatic heterocycles. The smallest absolute Gasteiger partial charge is 0.170 e. The van der Waals surface area contributed by atoms with Crippen molar-refractivity contribution in [3.63, 3.8) is 0 Å². The van der Waals surface area contributed by atoms with Crippen LogP contribution in [0.15, 0.2) is 18.5 Å². The number of aryl methyl sites for hydroxylation is 1. The lowest BCUT2D eigenvalue weighted by Crippen LogP contribution is -2.30. The van der Waals surface area contributed by atoms with Crippen LogP contribution in [0.1, 0.15) is 54.9 Å². The van der Waals surface area contributed by atoms with E-state index in [0.717, 1.165) is 24.0 Å². The minimum Gasteiger partial charge on any atom is -0.293 e. The van der Waals surface area contributed by atoms with E-state index in [1.807, 2.05) is 13.0 Å². The molecule has 0 saturated heterocycles. The SMILES string of the molecule is Cc1ccncc1C(=O)C1(C)CCCCC1. The summed E-state index contributed by atoms with van der Waals surface area (Å²) >= 11 is 0. The van der Waals surface area contributed by atoms with Crippen LogP contribution >= 0.6 is 0 Å². The lowest BCUT2D eigenvalue weighted by molar-refractivity contribution is 0.0748. The standard InChI is InChI=1S/C14H19NO/c1-11-6-9-15-10-12(11)13(16)14(2)7-4-3-5-8-14/h6,9-10H,3-5,7-8H2,1-2H3. The predicted octanol–water partition coefficient (Wildman–Crippen LogP) is 3.54. The zero-order chi connectivity index (χ0) is 11.6. The van der Waals surface area contributed by atoms with Gasteiger partial charge >= 0.3 is 0 Å². The predicted molar refractivity (Wildman–Crippen MR) is 64.5 cm³/mol.